The van der Waals surface area contributed by atoms with Crippen molar-refractivity contribution in [2.45, 2.75) is 31.2 Å². The van der Waals surface area contributed by atoms with Crippen LogP contribution in [0.1, 0.15) is 29.7 Å². The first kappa shape index (κ1) is 15.1. The van der Waals surface area contributed by atoms with Gasteiger partial charge in [-0.3, -0.25) is 0 Å². The van der Waals surface area contributed by atoms with E-state index < -0.39 is 0 Å². The van der Waals surface area contributed by atoms with Gasteiger partial charge < -0.3 is 5.32 Å². The van der Waals surface area contributed by atoms with E-state index in [2.05, 4.69) is 67.7 Å². The Morgan fingerprint density at radius 3 is 2.35 bits per heavy atom. The fourth-order valence-electron chi connectivity index (χ4n) is 2.22. The molecule has 0 radical (unpaired) electrons. The molecule has 1 unspecified atom stereocenters. The molecule has 20 heavy (non-hydrogen) atoms. The molecule has 2 aromatic rings. The minimum Gasteiger partial charge on any atom is -0.312 e. The van der Waals surface area contributed by atoms with E-state index in [-0.39, 0.29) is 0 Å². The Labute approximate surface area is 126 Å². The van der Waals surface area contributed by atoms with Crippen LogP contribution < -0.4 is 5.32 Å². The maximum atomic E-state index is 3.42. The van der Waals surface area contributed by atoms with Crippen molar-refractivity contribution < 1.29 is 0 Å². The van der Waals surface area contributed by atoms with Gasteiger partial charge in [0.25, 0.3) is 0 Å². The molecule has 2 heteroatoms. The predicted molar refractivity (Wildman–Crippen MR) is 89.5 cm³/mol. The molecule has 2 aromatic carbocycles. The Morgan fingerprint density at radius 1 is 1.05 bits per heavy atom. The molecule has 0 aliphatic carbocycles. The van der Waals surface area contributed by atoms with Gasteiger partial charge in [-0.25, -0.2) is 0 Å². The molecule has 0 bridgehead atoms. The Hall–Kier alpha value is -1.25. The smallest absolute Gasteiger partial charge is 0.0412 e. The number of thioether (sulfide) groups is 1. The van der Waals surface area contributed by atoms with Gasteiger partial charge in [-0.15, -0.1) is 11.8 Å². The lowest BCUT2D eigenvalue weighted by Crippen LogP contribution is -2.18. The van der Waals surface area contributed by atoms with Crippen molar-refractivity contribution in [2.24, 2.45) is 0 Å². The lowest BCUT2D eigenvalue weighted by molar-refractivity contribution is 0.661. The minimum atomic E-state index is 0.394. The molecule has 2 rings (SSSR count). The van der Waals surface area contributed by atoms with E-state index in [0.717, 1.165) is 12.2 Å². The molecule has 0 aliphatic heterocycles. The van der Waals surface area contributed by atoms with Crippen molar-refractivity contribution in [2.75, 3.05) is 12.8 Å². The van der Waals surface area contributed by atoms with Gasteiger partial charge in [0.1, 0.15) is 0 Å². The SMILES string of the molecule is CCc1ccc(C(CSc2ccccc2C)NC)cc1. The second kappa shape index (κ2) is 7.51. The van der Waals surface area contributed by atoms with E-state index in [1.54, 1.807) is 0 Å². The highest BCUT2D eigenvalue weighted by Crippen LogP contribution is 2.27. The van der Waals surface area contributed by atoms with E-state index in [0.29, 0.717) is 6.04 Å². The molecule has 0 amide bonds. The van der Waals surface area contributed by atoms with Gasteiger partial charge >= 0.3 is 0 Å². The van der Waals surface area contributed by atoms with Crippen LogP contribution in [0.25, 0.3) is 0 Å². The predicted octanol–water partition coefficient (Wildman–Crippen LogP) is 4.61. The number of aryl methyl sites for hydroxylation is 2. The summed E-state index contributed by atoms with van der Waals surface area (Å²) in [5, 5.41) is 3.42. The highest BCUT2D eigenvalue weighted by Gasteiger charge is 2.10. The van der Waals surface area contributed by atoms with Gasteiger partial charge in [0.15, 0.2) is 0 Å². The van der Waals surface area contributed by atoms with Crippen LogP contribution in [0.5, 0.6) is 0 Å². The van der Waals surface area contributed by atoms with Crippen LogP contribution in [0.15, 0.2) is 53.4 Å². The normalized spacial score (nSPS) is 12.3. The van der Waals surface area contributed by atoms with E-state index in [1.165, 1.54) is 21.6 Å². The van der Waals surface area contributed by atoms with E-state index in [4.69, 9.17) is 0 Å². The zero-order valence-corrected chi connectivity index (χ0v) is 13.3. The summed E-state index contributed by atoms with van der Waals surface area (Å²) in [7, 11) is 2.04. The topological polar surface area (TPSA) is 12.0 Å². The third kappa shape index (κ3) is 3.87. The zero-order chi connectivity index (χ0) is 14.4. The number of nitrogens with one attached hydrogen (secondary N) is 1. The summed E-state index contributed by atoms with van der Waals surface area (Å²) in [6.45, 7) is 4.37. The molecular formula is C18H23NS. The molecule has 0 aromatic heterocycles. The lowest BCUT2D eigenvalue weighted by atomic mass is 10.1. The van der Waals surface area contributed by atoms with Crippen molar-refractivity contribution in [1.82, 2.24) is 5.32 Å². The molecule has 0 saturated carbocycles. The van der Waals surface area contributed by atoms with Crippen molar-refractivity contribution in [3.8, 4) is 0 Å². The first-order valence-electron chi connectivity index (χ1n) is 7.19. The van der Waals surface area contributed by atoms with Crippen LogP contribution in [0, 0.1) is 6.92 Å². The average molecular weight is 285 g/mol. The standard InChI is InChI=1S/C18H23NS/c1-4-15-9-11-16(12-10-15)17(19-3)13-20-18-8-6-5-7-14(18)2/h5-12,17,19H,4,13H2,1-3H3. The van der Waals surface area contributed by atoms with Crippen LogP contribution >= 0.6 is 11.8 Å². The molecule has 1 N–H and O–H groups in total. The van der Waals surface area contributed by atoms with Crippen molar-refractivity contribution in [3.63, 3.8) is 0 Å². The Bertz CT molecular complexity index is 533. The second-order valence-corrected chi connectivity index (χ2v) is 6.07. The van der Waals surface area contributed by atoms with E-state index in [1.807, 2.05) is 18.8 Å². The van der Waals surface area contributed by atoms with Crippen LogP contribution in [-0.2, 0) is 6.42 Å². The molecule has 0 aliphatic rings. The van der Waals surface area contributed by atoms with Gasteiger partial charge in [-0.05, 0) is 43.1 Å². The zero-order valence-electron chi connectivity index (χ0n) is 12.5. The number of rotatable bonds is 6. The molecule has 106 valence electrons. The van der Waals surface area contributed by atoms with Crippen molar-refractivity contribution >= 4 is 11.8 Å². The largest absolute Gasteiger partial charge is 0.312 e. The third-order valence-corrected chi connectivity index (χ3v) is 4.91. The lowest BCUT2D eigenvalue weighted by Gasteiger charge is -2.17. The van der Waals surface area contributed by atoms with Gasteiger partial charge in [0.05, 0.1) is 0 Å². The molecule has 1 nitrogen and oxygen atoms in total. The van der Waals surface area contributed by atoms with Crippen LogP contribution in [0.3, 0.4) is 0 Å². The van der Waals surface area contributed by atoms with Crippen molar-refractivity contribution in [3.05, 3.63) is 65.2 Å². The molecule has 0 saturated heterocycles. The first-order chi connectivity index (χ1) is 9.74. The Kier molecular flexibility index (Phi) is 5.69. The van der Waals surface area contributed by atoms with Gasteiger partial charge in [-0.1, -0.05) is 49.4 Å². The van der Waals surface area contributed by atoms with Gasteiger partial charge in [-0.2, -0.15) is 0 Å². The highest BCUT2D eigenvalue weighted by molar-refractivity contribution is 7.99. The minimum absolute atomic E-state index is 0.394. The summed E-state index contributed by atoms with van der Waals surface area (Å²) in [6, 6.07) is 17.9. The highest BCUT2D eigenvalue weighted by atomic mass is 32.2. The number of hydrogen-bond acceptors (Lipinski definition) is 2. The second-order valence-electron chi connectivity index (χ2n) is 5.01. The summed E-state index contributed by atoms with van der Waals surface area (Å²) in [4.78, 5) is 1.37. The maximum absolute atomic E-state index is 3.42. The Morgan fingerprint density at radius 2 is 1.75 bits per heavy atom. The quantitative estimate of drug-likeness (QED) is 0.778. The van der Waals surface area contributed by atoms with Crippen LogP contribution in [0.2, 0.25) is 0 Å². The number of hydrogen-bond donors (Lipinski definition) is 1. The van der Waals surface area contributed by atoms with Crippen molar-refractivity contribution in [1.29, 1.82) is 0 Å². The maximum Gasteiger partial charge on any atom is 0.0412 e. The fraction of sp³-hybridized carbons (Fsp3) is 0.333. The summed E-state index contributed by atoms with van der Waals surface area (Å²) in [6.07, 6.45) is 1.10. The molecule has 1 atom stereocenters. The third-order valence-electron chi connectivity index (χ3n) is 3.64. The van der Waals surface area contributed by atoms with Crippen LogP contribution in [-0.4, -0.2) is 12.8 Å². The number of benzene rings is 2. The fourth-order valence-corrected chi connectivity index (χ4v) is 3.40. The van der Waals surface area contributed by atoms with Gasteiger partial charge in [0, 0.05) is 16.7 Å². The summed E-state index contributed by atoms with van der Waals surface area (Å²) < 4.78 is 0. The van der Waals surface area contributed by atoms with Crippen LogP contribution in [0.4, 0.5) is 0 Å². The summed E-state index contributed by atoms with van der Waals surface area (Å²) in [5.74, 6) is 1.05. The average Bonchev–Trinajstić information content (AvgIpc) is 2.50. The molecular weight excluding hydrogens is 262 g/mol. The summed E-state index contributed by atoms with van der Waals surface area (Å²) in [5.41, 5.74) is 4.12. The van der Waals surface area contributed by atoms with E-state index in [9.17, 15) is 0 Å². The molecule has 0 fully saturated rings. The Balaban J connectivity index is 2.03. The first-order valence-corrected chi connectivity index (χ1v) is 8.17. The van der Waals surface area contributed by atoms with E-state index >= 15 is 0 Å². The monoisotopic (exact) mass is 285 g/mol. The molecule has 0 heterocycles. The molecule has 0 spiro atoms. The summed E-state index contributed by atoms with van der Waals surface area (Å²) >= 11 is 1.92. The van der Waals surface area contributed by atoms with Gasteiger partial charge in [0.2, 0.25) is 0 Å².